The van der Waals surface area contributed by atoms with Crippen LogP contribution in [0.3, 0.4) is 0 Å². The van der Waals surface area contributed by atoms with Crippen LogP contribution < -0.4 is 10.6 Å². The Hall–Kier alpha value is -1.28. The fourth-order valence-electron chi connectivity index (χ4n) is 1.92. The van der Waals surface area contributed by atoms with Crippen molar-refractivity contribution >= 4 is 5.69 Å². The lowest BCUT2D eigenvalue weighted by atomic mass is 10.1. The molecule has 0 fully saturated rings. The minimum Gasteiger partial charge on any atom is -0.368 e. The maximum atomic E-state index is 6.01. The first kappa shape index (κ1) is 13.8. The predicted molar refractivity (Wildman–Crippen MR) is 76.4 cm³/mol. The van der Waals surface area contributed by atoms with E-state index in [9.17, 15) is 0 Å². The third kappa shape index (κ3) is 3.90. The maximum Gasteiger partial charge on any atom is 0.0369 e. The van der Waals surface area contributed by atoms with Crippen LogP contribution in [0.5, 0.6) is 0 Å². The second kappa shape index (κ2) is 7.13. The van der Waals surface area contributed by atoms with Gasteiger partial charge in [-0.2, -0.15) is 0 Å². The highest BCUT2D eigenvalue weighted by molar-refractivity contribution is 5.48. The van der Waals surface area contributed by atoms with E-state index in [1.54, 1.807) is 0 Å². The Morgan fingerprint density at radius 1 is 1.29 bits per heavy atom. The molecule has 1 unspecified atom stereocenters. The van der Waals surface area contributed by atoms with Gasteiger partial charge in [0.1, 0.15) is 0 Å². The first-order valence-electron chi connectivity index (χ1n) is 6.44. The van der Waals surface area contributed by atoms with Crippen LogP contribution in [0.2, 0.25) is 0 Å². The van der Waals surface area contributed by atoms with E-state index in [4.69, 9.17) is 5.73 Å². The zero-order valence-electron chi connectivity index (χ0n) is 11.0. The molecule has 0 aliphatic rings. The molecule has 0 radical (unpaired) electrons. The summed E-state index contributed by atoms with van der Waals surface area (Å²) in [5, 5.41) is 0. The lowest BCUT2D eigenvalue weighted by Gasteiger charge is -2.23. The molecule has 1 aromatic carbocycles. The molecule has 0 aliphatic carbocycles. The number of hydrogen-bond acceptors (Lipinski definition) is 2. The zero-order valence-corrected chi connectivity index (χ0v) is 11.0. The molecule has 0 heterocycles. The zero-order chi connectivity index (χ0) is 12.7. The van der Waals surface area contributed by atoms with Gasteiger partial charge in [-0.25, -0.2) is 0 Å². The number of anilines is 1. The summed E-state index contributed by atoms with van der Waals surface area (Å²) in [4.78, 5) is 2.33. The van der Waals surface area contributed by atoms with Crippen LogP contribution in [0.25, 0.3) is 0 Å². The van der Waals surface area contributed by atoms with E-state index >= 15 is 0 Å². The molecule has 94 valence electrons. The standard InChI is InChI=1S/C15H24N2/c1-4-11-17(12-5-2)14-9-7-13(8-10-14)15(16)6-3/h4,7-10,15H,1,5-6,11-12,16H2,2-3H3. The van der Waals surface area contributed by atoms with E-state index in [1.807, 2.05) is 6.08 Å². The summed E-state index contributed by atoms with van der Waals surface area (Å²) in [5.74, 6) is 0. The van der Waals surface area contributed by atoms with Gasteiger partial charge in [0.15, 0.2) is 0 Å². The Kier molecular flexibility index (Phi) is 5.78. The van der Waals surface area contributed by atoms with Crippen LogP contribution >= 0.6 is 0 Å². The number of benzene rings is 1. The Balaban J connectivity index is 2.79. The highest BCUT2D eigenvalue weighted by Crippen LogP contribution is 2.19. The number of nitrogens with two attached hydrogens (primary N) is 1. The molecule has 0 aliphatic heterocycles. The van der Waals surface area contributed by atoms with Crippen molar-refractivity contribution in [1.82, 2.24) is 0 Å². The summed E-state index contributed by atoms with van der Waals surface area (Å²) < 4.78 is 0. The van der Waals surface area contributed by atoms with Crippen molar-refractivity contribution in [3.8, 4) is 0 Å². The normalized spacial score (nSPS) is 12.2. The Morgan fingerprint density at radius 2 is 1.94 bits per heavy atom. The van der Waals surface area contributed by atoms with Crippen LogP contribution in [-0.4, -0.2) is 13.1 Å². The van der Waals surface area contributed by atoms with E-state index in [1.165, 1.54) is 11.3 Å². The largest absolute Gasteiger partial charge is 0.368 e. The Bertz CT molecular complexity index is 329. The van der Waals surface area contributed by atoms with Crippen molar-refractivity contribution in [2.45, 2.75) is 32.7 Å². The predicted octanol–water partition coefficient (Wildman–Crippen LogP) is 3.50. The monoisotopic (exact) mass is 232 g/mol. The summed E-state index contributed by atoms with van der Waals surface area (Å²) in [7, 11) is 0. The lowest BCUT2D eigenvalue weighted by Crippen LogP contribution is -2.23. The number of hydrogen-bond donors (Lipinski definition) is 1. The molecule has 1 rings (SSSR count). The number of nitrogens with zero attached hydrogens (tertiary/aromatic N) is 1. The van der Waals surface area contributed by atoms with E-state index in [0.717, 1.165) is 25.9 Å². The molecule has 2 nitrogen and oxygen atoms in total. The summed E-state index contributed by atoms with van der Waals surface area (Å²) in [5.41, 5.74) is 8.47. The quantitative estimate of drug-likeness (QED) is 0.729. The molecule has 0 spiro atoms. The molecule has 0 bridgehead atoms. The first-order valence-corrected chi connectivity index (χ1v) is 6.44. The van der Waals surface area contributed by atoms with Crippen molar-refractivity contribution in [2.75, 3.05) is 18.0 Å². The minimum atomic E-state index is 0.156. The molecule has 2 heteroatoms. The van der Waals surface area contributed by atoms with E-state index < -0.39 is 0 Å². The second-order valence-corrected chi connectivity index (χ2v) is 4.34. The van der Waals surface area contributed by atoms with Gasteiger partial charge in [-0.3, -0.25) is 0 Å². The molecule has 17 heavy (non-hydrogen) atoms. The Labute approximate surface area is 105 Å². The van der Waals surface area contributed by atoms with Crippen molar-refractivity contribution in [3.63, 3.8) is 0 Å². The van der Waals surface area contributed by atoms with Gasteiger partial charge >= 0.3 is 0 Å². The van der Waals surface area contributed by atoms with Gasteiger partial charge in [-0.15, -0.1) is 6.58 Å². The Morgan fingerprint density at radius 3 is 2.41 bits per heavy atom. The van der Waals surface area contributed by atoms with Crippen LogP contribution in [-0.2, 0) is 0 Å². The molecule has 0 saturated heterocycles. The van der Waals surface area contributed by atoms with Crippen molar-refractivity contribution in [3.05, 3.63) is 42.5 Å². The average molecular weight is 232 g/mol. The molecule has 0 saturated carbocycles. The van der Waals surface area contributed by atoms with Crippen molar-refractivity contribution < 1.29 is 0 Å². The van der Waals surface area contributed by atoms with E-state index in [2.05, 4.69) is 49.6 Å². The first-order chi connectivity index (χ1) is 8.22. The van der Waals surface area contributed by atoms with E-state index in [-0.39, 0.29) is 6.04 Å². The summed E-state index contributed by atoms with van der Waals surface area (Å²) in [6.07, 6.45) is 4.07. The molecule has 2 N–H and O–H groups in total. The van der Waals surface area contributed by atoms with Gasteiger partial charge in [0.05, 0.1) is 0 Å². The SMILES string of the molecule is C=CCN(CCC)c1ccc(C(N)CC)cc1. The van der Waals surface area contributed by atoms with Crippen LogP contribution in [0.1, 0.15) is 38.3 Å². The lowest BCUT2D eigenvalue weighted by molar-refractivity contribution is 0.698. The molecule has 0 amide bonds. The van der Waals surface area contributed by atoms with Gasteiger partial charge < -0.3 is 10.6 Å². The fourth-order valence-corrected chi connectivity index (χ4v) is 1.92. The third-order valence-electron chi connectivity index (χ3n) is 2.97. The highest BCUT2D eigenvalue weighted by Gasteiger charge is 2.06. The van der Waals surface area contributed by atoms with Crippen LogP contribution in [0, 0.1) is 0 Å². The van der Waals surface area contributed by atoms with Gasteiger partial charge in [-0.05, 0) is 30.5 Å². The molecule has 0 aromatic heterocycles. The third-order valence-corrected chi connectivity index (χ3v) is 2.97. The fraction of sp³-hybridized carbons (Fsp3) is 0.467. The average Bonchev–Trinajstić information content (AvgIpc) is 2.38. The van der Waals surface area contributed by atoms with Crippen LogP contribution in [0.4, 0.5) is 5.69 Å². The van der Waals surface area contributed by atoms with Crippen molar-refractivity contribution in [1.29, 1.82) is 0 Å². The van der Waals surface area contributed by atoms with Gasteiger partial charge in [0.25, 0.3) is 0 Å². The van der Waals surface area contributed by atoms with Gasteiger partial charge in [0.2, 0.25) is 0 Å². The van der Waals surface area contributed by atoms with Crippen molar-refractivity contribution in [2.24, 2.45) is 5.73 Å². The summed E-state index contributed by atoms with van der Waals surface area (Å²) in [6, 6.07) is 8.74. The molecule has 1 aromatic rings. The summed E-state index contributed by atoms with van der Waals surface area (Å²) in [6.45, 7) is 10.1. The minimum absolute atomic E-state index is 0.156. The number of rotatable bonds is 7. The maximum absolute atomic E-state index is 6.01. The molecular weight excluding hydrogens is 208 g/mol. The van der Waals surface area contributed by atoms with Gasteiger partial charge in [-0.1, -0.05) is 32.1 Å². The molecule has 1 atom stereocenters. The topological polar surface area (TPSA) is 29.3 Å². The highest BCUT2D eigenvalue weighted by atomic mass is 15.1. The summed E-state index contributed by atoms with van der Waals surface area (Å²) >= 11 is 0. The van der Waals surface area contributed by atoms with E-state index in [0.29, 0.717) is 0 Å². The molecular formula is C15H24N2. The smallest absolute Gasteiger partial charge is 0.0369 e. The van der Waals surface area contributed by atoms with Crippen LogP contribution in [0.15, 0.2) is 36.9 Å². The van der Waals surface area contributed by atoms with Gasteiger partial charge in [0, 0.05) is 24.8 Å². The second-order valence-electron chi connectivity index (χ2n) is 4.34.